The largest absolute Gasteiger partial charge is 0.326 e. The fraction of sp³-hybridized carbons (Fsp3) is 0.438. The molecular weight excluding hydrogens is 252 g/mol. The molecule has 0 bridgehead atoms. The summed E-state index contributed by atoms with van der Waals surface area (Å²) in [6, 6.07) is 4.54. The Morgan fingerprint density at radius 3 is 2.42 bits per heavy atom. The minimum Gasteiger partial charge on any atom is -0.326 e. The van der Waals surface area contributed by atoms with E-state index in [4.69, 9.17) is 0 Å². The van der Waals surface area contributed by atoms with Crippen molar-refractivity contribution in [2.24, 2.45) is 0 Å². The fourth-order valence-corrected chi connectivity index (χ4v) is 3.96. The second-order valence-electron chi connectivity index (χ2n) is 5.07. The lowest BCUT2D eigenvalue weighted by Gasteiger charge is -2.18. The number of hydrogen-bond acceptors (Lipinski definition) is 2. The van der Waals surface area contributed by atoms with Crippen molar-refractivity contribution in [2.75, 3.05) is 0 Å². The van der Waals surface area contributed by atoms with Gasteiger partial charge in [0.25, 0.3) is 0 Å². The molecule has 0 N–H and O–H groups in total. The first-order chi connectivity index (χ1) is 9.02. The lowest BCUT2D eigenvalue weighted by atomic mass is 9.98. The lowest BCUT2D eigenvalue weighted by Crippen LogP contribution is -2.01. The molecule has 102 valence electrons. The Bertz CT molecular complexity index is 549. The molecule has 19 heavy (non-hydrogen) atoms. The number of hydrogen-bond donors (Lipinski definition) is 0. The number of nitrogens with zero attached hydrogens (tertiary/aromatic N) is 2. The average molecular weight is 274 g/mol. The van der Waals surface area contributed by atoms with Gasteiger partial charge >= 0.3 is 0 Å². The van der Waals surface area contributed by atoms with Crippen molar-refractivity contribution in [3.8, 4) is 0 Å². The molecule has 0 aliphatic carbocycles. The first-order valence-electron chi connectivity index (χ1n) is 6.78. The van der Waals surface area contributed by atoms with E-state index in [1.54, 1.807) is 0 Å². The zero-order valence-electron chi connectivity index (χ0n) is 12.4. The topological polar surface area (TPSA) is 17.8 Å². The highest BCUT2D eigenvalue weighted by Gasteiger charge is 2.15. The Morgan fingerprint density at radius 1 is 1.21 bits per heavy atom. The molecule has 0 aliphatic rings. The smallest absolute Gasteiger partial charge is 0.168 e. The van der Waals surface area contributed by atoms with Crippen LogP contribution in [0.25, 0.3) is 0 Å². The number of imidazole rings is 1. The van der Waals surface area contributed by atoms with Crippen molar-refractivity contribution >= 4 is 11.8 Å². The van der Waals surface area contributed by atoms with E-state index >= 15 is 0 Å². The van der Waals surface area contributed by atoms with Gasteiger partial charge in [-0.05, 0) is 51.3 Å². The normalized spacial score (nSPS) is 12.7. The summed E-state index contributed by atoms with van der Waals surface area (Å²) in [5.74, 6) is 0. The minimum absolute atomic E-state index is 0.424. The Hall–Kier alpha value is -1.22. The van der Waals surface area contributed by atoms with E-state index in [1.165, 1.54) is 22.3 Å². The van der Waals surface area contributed by atoms with Crippen LogP contribution in [0.4, 0.5) is 0 Å². The molecule has 2 aromatic rings. The van der Waals surface area contributed by atoms with Crippen molar-refractivity contribution in [3.63, 3.8) is 0 Å². The molecule has 0 radical (unpaired) electrons. The molecule has 2 nitrogen and oxygen atoms in total. The predicted molar refractivity (Wildman–Crippen MR) is 82.8 cm³/mol. The molecule has 0 unspecified atom stereocenters. The molecule has 1 aromatic heterocycles. The van der Waals surface area contributed by atoms with Crippen molar-refractivity contribution in [1.82, 2.24) is 9.55 Å². The highest BCUT2D eigenvalue weighted by molar-refractivity contribution is 7.99. The van der Waals surface area contributed by atoms with Gasteiger partial charge in [0.15, 0.2) is 5.16 Å². The Balaban J connectivity index is 2.28. The van der Waals surface area contributed by atoms with Crippen LogP contribution in [0.1, 0.15) is 41.4 Å². The summed E-state index contributed by atoms with van der Waals surface area (Å²) >= 11 is 1.84. The Labute approximate surface area is 120 Å². The molecule has 1 aromatic carbocycles. The van der Waals surface area contributed by atoms with Crippen LogP contribution in [-0.2, 0) is 6.54 Å². The SMILES string of the molecule is CCn1ccnc1S[C@H](C)c1c(C)cc(C)cc1C. The summed E-state index contributed by atoms with van der Waals surface area (Å²) in [6.45, 7) is 12.0. The molecule has 3 heteroatoms. The molecule has 0 saturated heterocycles. The predicted octanol–water partition coefficient (Wildman–Crippen LogP) is 4.68. The van der Waals surface area contributed by atoms with Gasteiger partial charge in [-0.25, -0.2) is 4.98 Å². The van der Waals surface area contributed by atoms with Crippen molar-refractivity contribution in [3.05, 3.63) is 46.8 Å². The van der Waals surface area contributed by atoms with Crippen LogP contribution in [0.15, 0.2) is 29.7 Å². The number of rotatable bonds is 4. The van der Waals surface area contributed by atoms with Crippen molar-refractivity contribution in [1.29, 1.82) is 0 Å². The van der Waals surface area contributed by atoms with Crippen LogP contribution in [0.3, 0.4) is 0 Å². The zero-order valence-corrected chi connectivity index (χ0v) is 13.2. The highest BCUT2D eigenvalue weighted by atomic mass is 32.2. The van der Waals surface area contributed by atoms with Crippen LogP contribution in [0.2, 0.25) is 0 Å². The highest BCUT2D eigenvalue weighted by Crippen LogP contribution is 2.37. The number of thioether (sulfide) groups is 1. The average Bonchev–Trinajstić information content (AvgIpc) is 2.74. The van der Waals surface area contributed by atoms with E-state index in [1.807, 2.05) is 24.2 Å². The number of aromatic nitrogens is 2. The maximum absolute atomic E-state index is 4.46. The molecule has 0 aliphatic heterocycles. The van der Waals surface area contributed by atoms with E-state index in [-0.39, 0.29) is 0 Å². The molecule has 0 fully saturated rings. The summed E-state index contributed by atoms with van der Waals surface area (Å²) in [4.78, 5) is 4.46. The Kier molecular flexibility index (Phi) is 4.35. The monoisotopic (exact) mass is 274 g/mol. The molecule has 0 saturated carbocycles. The van der Waals surface area contributed by atoms with E-state index in [0.29, 0.717) is 5.25 Å². The van der Waals surface area contributed by atoms with Gasteiger partial charge in [-0.2, -0.15) is 0 Å². The van der Waals surface area contributed by atoms with Crippen LogP contribution >= 0.6 is 11.8 Å². The van der Waals surface area contributed by atoms with Crippen LogP contribution in [0.5, 0.6) is 0 Å². The van der Waals surface area contributed by atoms with Crippen LogP contribution < -0.4 is 0 Å². The molecule has 1 atom stereocenters. The minimum atomic E-state index is 0.424. The molecule has 2 rings (SSSR count). The number of aryl methyl sites for hydroxylation is 4. The van der Waals surface area contributed by atoms with Gasteiger partial charge in [0, 0.05) is 24.2 Å². The van der Waals surface area contributed by atoms with E-state index in [9.17, 15) is 0 Å². The third-order valence-corrected chi connectivity index (χ3v) is 4.58. The van der Waals surface area contributed by atoms with Gasteiger partial charge in [-0.1, -0.05) is 29.5 Å². The quantitative estimate of drug-likeness (QED) is 0.753. The third kappa shape index (κ3) is 3.03. The molecule has 0 amide bonds. The number of benzene rings is 1. The van der Waals surface area contributed by atoms with Crippen molar-refractivity contribution in [2.45, 2.75) is 51.6 Å². The fourth-order valence-electron chi connectivity index (χ4n) is 2.70. The second kappa shape index (κ2) is 5.83. The Morgan fingerprint density at radius 2 is 1.84 bits per heavy atom. The summed E-state index contributed by atoms with van der Waals surface area (Å²) in [5.41, 5.74) is 5.55. The van der Waals surface area contributed by atoms with Gasteiger partial charge in [-0.3, -0.25) is 0 Å². The van der Waals surface area contributed by atoms with Crippen LogP contribution in [-0.4, -0.2) is 9.55 Å². The maximum atomic E-state index is 4.46. The summed E-state index contributed by atoms with van der Waals surface area (Å²) in [6.07, 6.45) is 3.93. The first kappa shape index (κ1) is 14.2. The summed E-state index contributed by atoms with van der Waals surface area (Å²) < 4.78 is 2.19. The van der Waals surface area contributed by atoms with E-state index < -0.39 is 0 Å². The molecule has 0 spiro atoms. The summed E-state index contributed by atoms with van der Waals surface area (Å²) in [5, 5.41) is 1.53. The van der Waals surface area contributed by atoms with Crippen LogP contribution in [0, 0.1) is 20.8 Å². The van der Waals surface area contributed by atoms with Gasteiger partial charge in [0.2, 0.25) is 0 Å². The second-order valence-corrected chi connectivity index (χ2v) is 6.38. The van der Waals surface area contributed by atoms with Gasteiger partial charge in [0.05, 0.1) is 0 Å². The van der Waals surface area contributed by atoms with Gasteiger partial charge in [-0.15, -0.1) is 0 Å². The maximum Gasteiger partial charge on any atom is 0.168 e. The molecule has 1 heterocycles. The lowest BCUT2D eigenvalue weighted by molar-refractivity contribution is 0.679. The first-order valence-corrected chi connectivity index (χ1v) is 7.66. The summed E-state index contributed by atoms with van der Waals surface area (Å²) in [7, 11) is 0. The van der Waals surface area contributed by atoms with Crippen molar-refractivity contribution < 1.29 is 0 Å². The van der Waals surface area contributed by atoms with Gasteiger partial charge in [0.1, 0.15) is 0 Å². The van der Waals surface area contributed by atoms with E-state index in [0.717, 1.165) is 11.7 Å². The third-order valence-electron chi connectivity index (χ3n) is 3.44. The van der Waals surface area contributed by atoms with E-state index in [2.05, 4.69) is 56.3 Å². The molecular formula is C16H22N2S. The van der Waals surface area contributed by atoms with Gasteiger partial charge < -0.3 is 4.57 Å². The zero-order chi connectivity index (χ0) is 14.0. The standard InChI is InChI=1S/C16H22N2S/c1-6-18-8-7-17-16(18)19-14(5)15-12(3)9-11(2)10-13(15)4/h7-10,14H,6H2,1-5H3/t14-/m1/s1.